The minimum atomic E-state index is -0.364. The average molecular weight is 214 g/mol. The van der Waals surface area contributed by atoms with Gasteiger partial charge in [-0.2, -0.15) is 0 Å². The predicted molar refractivity (Wildman–Crippen MR) is 55.5 cm³/mol. The van der Waals surface area contributed by atoms with Crippen molar-refractivity contribution in [2.45, 2.75) is 13.8 Å². The van der Waals surface area contributed by atoms with Crippen molar-refractivity contribution in [3.63, 3.8) is 0 Å². The first kappa shape index (κ1) is 12.2. The molecule has 0 radical (unpaired) electrons. The highest BCUT2D eigenvalue weighted by Crippen LogP contribution is 2.26. The third-order valence-corrected chi connectivity index (χ3v) is 2.16. The highest BCUT2D eigenvalue weighted by atomic mass is 16.6. The van der Waals surface area contributed by atoms with Crippen molar-refractivity contribution >= 4 is 5.97 Å². The maximum absolute atomic E-state index is 11.0. The molecular formula is C11H18O4. The summed E-state index contributed by atoms with van der Waals surface area (Å²) in [5, 5.41) is 0. The fourth-order valence-corrected chi connectivity index (χ4v) is 1.17. The van der Waals surface area contributed by atoms with Crippen LogP contribution in [0.2, 0.25) is 0 Å². The second-order valence-corrected chi connectivity index (χ2v) is 4.27. The summed E-state index contributed by atoms with van der Waals surface area (Å²) in [6.07, 6.45) is 0. The van der Waals surface area contributed by atoms with E-state index in [4.69, 9.17) is 14.2 Å². The van der Waals surface area contributed by atoms with Gasteiger partial charge in [0.1, 0.15) is 6.61 Å². The lowest BCUT2D eigenvalue weighted by Gasteiger charge is -2.37. The monoisotopic (exact) mass is 214 g/mol. The van der Waals surface area contributed by atoms with Gasteiger partial charge in [-0.25, -0.2) is 4.79 Å². The Hall–Kier alpha value is -0.870. The highest BCUT2D eigenvalue weighted by Gasteiger charge is 2.33. The van der Waals surface area contributed by atoms with Crippen molar-refractivity contribution in [3.05, 3.63) is 12.2 Å². The van der Waals surface area contributed by atoms with E-state index < -0.39 is 0 Å². The number of hydrogen-bond acceptors (Lipinski definition) is 4. The molecule has 0 N–H and O–H groups in total. The van der Waals surface area contributed by atoms with Crippen molar-refractivity contribution in [1.29, 1.82) is 0 Å². The van der Waals surface area contributed by atoms with Crippen LogP contribution in [0.4, 0.5) is 0 Å². The van der Waals surface area contributed by atoms with Gasteiger partial charge >= 0.3 is 5.97 Å². The van der Waals surface area contributed by atoms with Gasteiger partial charge in [0.25, 0.3) is 0 Å². The quantitative estimate of drug-likeness (QED) is 0.378. The van der Waals surface area contributed by atoms with Gasteiger partial charge in [0, 0.05) is 11.0 Å². The summed E-state index contributed by atoms with van der Waals surface area (Å²) >= 11 is 0. The molecule has 1 rings (SSSR count). The van der Waals surface area contributed by atoms with E-state index in [2.05, 4.69) is 13.5 Å². The fraction of sp³-hybridized carbons (Fsp3) is 0.727. The molecule has 0 aromatic carbocycles. The zero-order valence-electron chi connectivity index (χ0n) is 9.38. The second kappa shape index (κ2) is 5.28. The molecule has 1 aliphatic rings. The number of carbonyl (C=O) groups is 1. The van der Waals surface area contributed by atoms with Crippen LogP contribution in [0.3, 0.4) is 0 Å². The second-order valence-electron chi connectivity index (χ2n) is 4.27. The van der Waals surface area contributed by atoms with E-state index >= 15 is 0 Å². The molecule has 0 aromatic rings. The predicted octanol–water partition coefficient (Wildman–Crippen LogP) is 1.16. The molecule has 0 spiro atoms. The molecule has 1 fully saturated rings. The van der Waals surface area contributed by atoms with Gasteiger partial charge in [0.15, 0.2) is 0 Å². The highest BCUT2D eigenvalue weighted by molar-refractivity contribution is 5.86. The number of ether oxygens (including phenoxy) is 3. The standard InChI is InChI=1S/C11H18O4/c1-9(2)10(12)15-5-4-13-6-11(3)7-14-8-11/h1,4-8H2,2-3H3. The number of carbonyl (C=O) groups excluding carboxylic acids is 1. The number of esters is 1. The molecule has 0 saturated carbocycles. The average Bonchev–Trinajstić information content (AvgIpc) is 2.14. The first-order valence-electron chi connectivity index (χ1n) is 5.02. The summed E-state index contributed by atoms with van der Waals surface area (Å²) in [4.78, 5) is 11.0. The third-order valence-electron chi connectivity index (χ3n) is 2.16. The molecule has 15 heavy (non-hydrogen) atoms. The fourth-order valence-electron chi connectivity index (χ4n) is 1.17. The van der Waals surface area contributed by atoms with Crippen molar-refractivity contribution in [3.8, 4) is 0 Å². The van der Waals surface area contributed by atoms with Gasteiger partial charge in [-0.15, -0.1) is 0 Å². The molecule has 4 heteroatoms. The minimum absolute atomic E-state index is 0.151. The van der Waals surface area contributed by atoms with Crippen molar-refractivity contribution in [2.24, 2.45) is 5.41 Å². The summed E-state index contributed by atoms with van der Waals surface area (Å²) in [6.45, 7) is 10.1. The molecule has 4 nitrogen and oxygen atoms in total. The topological polar surface area (TPSA) is 44.8 Å². The van der Waals surface area contributed by atoms with Gasteiger partial charge < -0.3 is 14.2 Å². The maximum atomic E-state index is 11.0. The van der Waals surface area contributed by atoms with E-state index in [9.17, 15) is 4.79 Å². The maximum Gasteiger partial charge on any atom is 0.333 e. The van der Waals surface area contributed by atoms with E-state index in [1.165, 1.54) is 0 Å². The van der Waals surface area contributed by atoms with Crippen LogP contribution in [0.25, 0.3) is 0 Å². The van der Waals surface area contributed by atoms with Crippen LogP contribution in [0.1, 0.15) is 13.8 Å². The Morgan fingerprint density at radius 2 is 2.13 bits per heavy atom. The van der Waals surface area contributed by atoms with Gasteiger partial charge in [-0.05, 0) is 6.92 Å². The molecule has 0 aromatic heterocycles. The van der Waals surface area contributed by atoms with E-state index in [1.54, 1.807) is 6.92 Å². The first-order valence-corrected chi connectivity index (χ1v) is 5.02. The largest absolute Gasteiger partial charge is 0.460 e. The third kappa shape index (κ3) is 4.01. The Morgan fingerprint density at radius 1 is 1.47 bits per heavy atom. The summed E-state index contributed by atoms with van der Waals surface area (Å²) in [6, 6.07) is 0. The normalized spacial score (nSPS) is 18.0. The van der Waals surface area contributed by atoms with Crippen molar-refractivity contribution in [1.82, 2.24) is 0 Å². The van der Waals surface area contributed by atoms with Crippen LogP contribution in [0, 0.1) is 5.41 Å². The molecule has 0 aliphatic carbocycles. The van der Waals surface area contributed by atoms with Gasteiger partial charge in [0.2, 0.25) is 0 Å². The number of hydrogen-bond donors (Lipinski definition) is 0. The Labute approximate surface area is 90.2 Å². The molecule has 0 amide bonds. The Balaban J connectivity index is 1.97. The molecule has 86 valence electrons. The lowest BCUT2D eigenvalue weighted by molar-refractivity contribution is -0.149. The summed E-state index contributed by atoms with van der Waals surface area (Å²) in [7, 11) is 0. The molecule has 1 aliphatic heterocycles. The van der Waals surface area contributed by atoms with E-state index in [0.717, 1.165) is 13.2 Å². The van der Waals surface area contributed by atoms with Crippen LogP contribution in [0.15, 0.2) is 12.2 Å². The van der Waals surface area contributed by atoms with E-state index in [-0.39, 0.29) is 18.0 Å². The van der Waals surface area contributed by atoms with Crippen molar-refractivity contribution in [2.75, 3.05) is 33.0 Å². The zero-order valence-corrected chi connectivity index (χ0v) is 9.38. The van der Waals surface area contributed by atoms with Gasteiger partial charge in [0.05, 0.1) is 26.4 Å². The van der Waals surface area contributed by atoms with Crippen LogP contribution in [-0.4, -0.2) is 39.0 Å². The SMILES string of the molecule is C=C(C)C(=O)OCCOCC1(C)COC1. The molecular weight excluding hydrogens is 196 g/mol. The summed E-state index contributed by atoms with van der Waals surface area (Å²) in [5.41, 5.74) is 0.563. The van der Waals surface area contributed by atoms with Crippen LogP contribution in [-0.2, 0) is 19.0 Å². The molecule has 0 bridgehead atoms. The van der Waals surface area contributed by atoms with Crippen LogP contribution in [0.5, 0.6) is 0 Å². The molecule has 0 atom stereocenters. The Kier molecular flexibility index (Phi) is 4.29. The first-order chi connectivity index (χ1) is 7.03. The van der Waals surface area contributed by atoms with E-state index in [1.807, 2.05) is 0 Å². The zero-order chi connectivity index (χ0) is 11.3. The summed E-state index contributed by atoms with van der Waals surface area (Å²) in [5.74, 6) is -0.364. The van der Waals surface area contributed by atoms with Gasteiger partial charge in [-0.3, -0.25) is 0 Å². The van der Waals surface area contributed by atoms with Gasteiger partial charge in [-0.1, -0.05) is 13.5 Å². The van der Waals surface area contributed by atoms with Crippen LogP contribution >= 0.6 is 0 Å². The summed E-state index contributed by atoms with van der Waals surface area (Å²) < 4.78 is 15.3. The minimum Gasteiger partial charge on any atom is -0.460 e. The van der Waals surface area contributed by atoms with Crippen LogP contribution < -0.4 is 0 Å². The Morgan fingerprint density at radius 3 is 2.60 bits per heavy atom. The molecule has 0 unspecified atom stereocenters. The van der Waals surface area contributed by atoms with Crippen molar-refractivity contribution < 1.29 is 19.0 Å². The lowest BCUT2D eigenvalue weighted by atomic mass is 9.90. The molecule has 1 heterocycles. The Bertz CT molecular complexity index is 243. The smallest absolute Gasteiger partial charge is 0.333 e. The molecule has 1 saturated heterocycles. The lowest BCUT2D eigenvalue weighted by Crippen LogP contribution is -2.43. The number of rotatable bonds is 6. The van der Waals surface area contributed by atoms with E-state index in [0.29, 0.717) is 18.8 Å².